The van der Waals surface area contributed by atoms with Gasteiger partial charge in [0, 0.05) is 10.9 Å². The molecule has 0 saturated carbocycles. The molecule has 6 rings (SSSR count). The standard InChI is InChI=1S/C16H7BN2O3/c1-3-8-12-10(5-1)21-15-14-16(19-7-18-15)22-11-6-2-4-9(20-8)13(11)17(12)14/h1-7H. The summed E-state index contributed by atoms with van der Waals surface area (Å²) in [5.74, 6) is 4.30. The molecule has 1 aromatic heterocycles. The fraction of sp³-hybridized carbons (Fsp3) is 0. The zero-order chi connectivity index (χ0) is 14.3. The third-order valence-electron chi connectivity index (χ3n) is 4.36. The maximum absolute atomic E-state index is 6.05. The van der Waals surface area contributed by atoms with Crippen molar-refractivity contribution >= 4 is 23.1 Å². The average molecular weight is 286 g/mol. The second-order valence-electron chi connectivity index (χ2n) is 5.47. The molecule has 0 unspecified atom stereocenters. The van der Waals surface area contributed by atoms with Crippen LogP contribution in [0.25, 0.3) is 0 Å². The summed E-state index contributed by atoms with van der Waals surface area (Å²) in [5.41, 5.74) is 2.93. The van der Waals surface area contributed by atoms with Crippen molar-refractivity contribution in [2.45, 2.75) is 0 Å². The molecular formula is C16H7BN2O3. The Morgan fingerprint density at radius 2 is 1.14 bits per heavy atom. The summed E-state index contributed by atoms with van der Waals surface area (Å²) in [6.45, 7) is -0.000139. The maximum atomic E-state index is 6.05. The van der Waals surface area contributed by atoms with Crippen LogP contribution in [0.5, 0.6) is 34.8 Å². The van der Waals surface area contributed by atoms with E-state index >= 15 is 0 Å². The highest BCUT2D eigenvalue weighted by Crippen LogP contribution is 2.39. The lowest BCUT2D eigenvalue weighted by Gasteiger charge is -2.35. The molecule has 6 heteroatoms. The van der Waals surface area contributed by atoms with Gasteiger partial charge in [-0.3, -0.25) is 0 Å². The highest BCUT2D eigenvalue weighted by atomic mass is 16.5. The minimum atomic E-state index is -0.000139. The Morgan fingerprint density at radius 3 is 1.68 bits per heavy atom. The average Bonchev–Trinajstić information content (AvgIpc) is 2.55. The largest absolute Gasteiger partial charge is 0.458 e. The van der Waals surface area contributed by atoms with Gasteiger partial charge in [0.05, 0.1) is 5.46 Å². The van der Waals surface area contributed by atoms with E-state index in [4.69, 9.17) is 14.2 Å². The van der Waals surface area contributed by atoms with Crippen LogP contribution in [0.3, 0.4) is 0 Å². The van der Waals surface area contributed by atoms with Crippen molar-refractivity contribution in [2.24, 2.45) is 0 Å². The molecule has 4 heterocycles. The molecule has 0 amide bonds. The quantitative estimate of drug-likeness (QED) is 0.394. The van der Waals surface area contributed by atoms with Crippen molar-refractivity contribution in [1.29, 1.82) is 0 Å². The van der Waals surface area contributed by atoms with Crippen molar-refractivity contribution in [3.63, 3.8) is 0 Å². The van der Waals surface area contributed by atoms with E-state index in [-0.39, 0.29) is 6.71 Å². The number of ether oxygens (including phenoxy) is 3. The molecule has 0 spiro atoms. The van der Waals surface area contributed by atoms with Crippen molar-refractivity contribution in [3.05, 3.63) is 42.7 Å². The summed E-state index contributed by atoms with van der Waals surface area (Å²) in [4.78, 5) is 8.56. The van der Waals surface area contributed by atoms with Gasteiger partial charge < -0.3 is 14.2 Å². The molecule has 3 aromatic rings. The Labute approximate surface area is 125 Å². The van der Waals surface area contributed by atoms with Crippen LogP contribution in [0.15, 0.2) is 42.7 Å². The molecule has 3 aliphatic rings. The number of nitrogens with zero attached hydrogens (tertiary/aromatic N) is 2. The van der Waals surface area contributed by atoms with Crippen LogP contribution in [0.2, 0.25) is 0 Å². The van der Waals surface area contributed by atoms with Crippen LogP contribution in [0.4, 0.5) is 0 Å². The van der Waals surface area contributed by atoms with Crippen LogP contribution < -0.4 is 30.6 Å². The number of hydrogen-bond donors (Lipinski definition) is 0. The SMILES string of the molecule is c1cc2c3c(c1)Oc1ncnc4c1B3c1c(cccc1O4)O2. The molecule has 0 saturated heterocycles. The summed E-state index contributed by atoms with van der Waals surface area (Å²) in [7, 11) is 0. The number of aromatic nitrogens is 2. The van der Waals surface area contributed by atoms with Crippen molar-refractivity contribution in [3.8, 4) is 34.8 Å². The Balaban J connectivity index is 1.80. The molecule has 2 aromatic carbocycles. The molecule has 3 aliphatic heterocycles. The number of rotatable bonds is 0. The Kier molecular flexibility index (Phi) is 1.66. The second kappa shape index (κ2) is 3.41. The summed E-state index contributed by atoms with van der Waals surface area (Å²) in [6, 6.07) is 11.7. The fourth-order valence-corrected chi connectivity index (χ4v) is 3.51. The van der Waals surface area contributed by atoms with E-state index in [0.29, 0.717) is 11.8 Å². The van der Waals surface area contributed by atoms with Crippen molar-refractivity contribution < 1.29 is 14.2 Å². The lowest BCUT2D eigenvalue weighted by Crippen LogP contribution is -2.60. The topological polar surface area (TPSA) is 53.5 Å². The molecule has 102 valence electrons. The van der Waals surface area contributed by atoms with Gasteiger partial charge in [-0.15, -0.1) is 0 Å². The summed E-state index contributed by atoms with van der Waals surface area (Å²) in [6.07, 6.45) is 1.47. The lowest BCUT2D eigenvalue weighted by molar-refractivity contribution is 0.424. The molecule has 0 radical (unpaired) electrons. The zero-order valence-electron chi connectivity index (χ0n) is 11.2. The van der Waals surface area contributed by atoms with Crippen molar-refractivity contribution in [1.82, 2.24) is 9.97 Å². The van der Waals surface area contributed by atoms with Gasteiger partial charge in [-0.2, -0.15) is 0 Å². The molecular weight excluding hydrogens is 279 g/mol. The first-order chi connectivity index (χ1) is 10.9. The van der Waals surface area contributed by atoms with Crippen LogP contribution in [-0.4, -0.2) is 16.7 Å². The fourth-order valence-electron chi connectivity index (χ4n) is 3.51. The first kappa shape index (κ1) is 10.7. The van der Waals surface area contributed by atoms with E-state index < -0.39 is 0 Å². The Morgan fingerprint density at radius 1 is 0.636 bits per heavy atom. The van der Waals surface area contributed by atoms with Crippen molar-refractivity contribution in [2.75, 3.05) is 0 Å². The molecule has 0 N–H and O–H groups in total. The molecule has 0 fully saturated rings. The van der Waals surface area contributed by atoms with Crippen LogP contribution in [-0.2, 0) is 0 Å². The second-order valence-corrected chi connectivity index (χ2v) is 5.47. The molecule has 22 heavy (non-hydrogen) atoms. The normalized spacial score (nSPS) is 14.5. The summed E-state index contributed by atoms with van der Waals surface area (Å²) in [5, 5.41) is 0. The third-order valence-corrected chi connectivity index (χ3v) is 4.36. The van der Waals surface area contributed by atoms with Crippen LogP contribution in [0, 0.1) is 0 Å². The van der Waals surface area contributed by atoms with Gasteiger partial charge in [0.2, 0.25) is 11.8 Å². The maximum Gasteiger partial charge on any atom is 0.274 e. The van der Waals surface area contributed by atoms with Gasteiger partial charge >= 0.3 is 0 Å². The molecule has 0 bridgehead atoms. The monoisotopic (exact) mass is 286 g/mol. The van der Waals surface area contributed by atoms with Gasteiger partial charge in [-0.1, -0.05) is 12.1 Å². The lowest BCUT2D eigenvalue weighted by atomic mass is 9.34. The number of hydrogen-bond acceptors (Lipinski definition) is 5. The molecule has 0 atom stereocenters. The van der Waals surface area contributed by atoms with E-state index in [9.17, 15) is 0 Å². The van der Waals surface area contributed by atoms with Gasteiger partial charge in [0.25, 0.3) is 6.71 Å². The van der Waals surface area contributed by atoms with Gasteiger partial charge in [0.15, 0.2) is 0 Å². The van der Waals surface area contributed by atoms with Crippen LogP contribution >= 0.6 is 0 Å². The zero-order valence-corrected chi connectivity index (χ0v) is 11.2. The predicted octanol–water partition coefficient (Wildman–Crippen LogP) is 1.31. The Hall–Kier alpha value is -3.02. The summed E-state index contributed by atoms with van der Waals surface area (Å²) >= 11 is 0. The highest BCUT2D eigenvalue weighted by Gasteiger charge is 2.47. The van der Waals surface area contributed by atoms with E-state index in [2.05, 4.69) is 9.97 Å². The highest BCUT2D eigenvalue weighted by molar-refractivity contribution is 6.99. The third kappa shape index (κ3) is 1.09. The summed E-state index contributed by atoms with van der Waals surface area (Å²) < 4.78 is 17.9. The predicted molar refractivity (Wildman–Crippen MR) is 79.8 cm³/mol. The van der Waals surface area contributed by atoms with E-state index in [1.54, 1.807) is 0 Å². The van der Waals surface area contributed by atoms with E-state index in [1.165, 1.54) is 6.33 Å². The first-order valence-electron chi connectivity index (χ1n) is 7.04. The van der Waals surface area contributed by atoms with E-state index in [0.717, 1.165) is 39.4 Å². The molecule has 5 nitrogen and oxygen atoms in total. The van der Waals surface area contributed by atoms with Gasteiger partial charge in [0.1, 0.15) is 29.3 Å². The Bertz CT molecular complexity index is 801. The van der Waals surface area contributed by atoms with Crippen LogP contribution in [0.1, 0.15) is 0 Å². The van der Waals surface area contributed by atoms with E-state index in [1.807, 2.05) is 36.4 Å². The minimum Gasteiger partial charge on any atom is -0.458 e. The smallest absolute Gasteiger partial charge is 0.274 e. The van der Waals surface area contributed by atoms with Gasteiger partial charge in [-0.05, 0) is 24.3 Å². The number of benzene rings is 2. The molecule has 0 aliphatic carbocycles. The minimum absolute atomic E-state index is 0.000139. The first-order valence-corrected chi connectivity index (χ1v) is 7.04. The van der Waals surface area contributed by atoms with Gasteiger partial charge in [-0.25, -0.2) is 9.97 Å².